The van der Waals surface area contributed by atoms with Gasteiger partial charge >= 0.3 is 6.09 Å². The molecule has 0 unspecified atom stereocenters. The number of fused-ring (bicyclic) bond motifs is 1. The predicted octanol–water partition coefficient (Wildman–Crippen LogP) is 4.13. The Labute approximate surface area is 225 Å². The zero-order valence-corrected chi connectivity index (χ0v) is 23.0. The van der Waals surface area contributed by atoms with E-state index in [2.05, 4.69) is 21.1 Å². The number of aryl methyl sites for hydroxylation is 1. The Hall–Kier alpha value is -3.72. The van der Waals surface area contributed by atoms with Gasteiger partial charge in [-0.2, -0.15) is 10.2 Å². The molecule has 11 nitrogen and oxygen atoms in total. The molecule has 3 aromatic rings. The van der Waals surface area contributed by atoms with Crippen molar-refractivity contribution in [2.75, 3.05) is 36.8 Å². The fourth-order valence-electron chi connectivity index (χ4n) is 5.11. The smallest absolute Gasteiger partial charge is 0.410 e. The molecule has 0 spiro atoms. The monoisotopic (exact) mass is 536 g/mol. The van der Waals surface area contributed by atoms with Crippen LogP contribution >= 0.6 is 11.3 Å². The van der Waals surface area contributed by atoms with Gasteiger partial charge in [-0.15, -0.1) is 11.3 Å². The number of nitrogen functional groups attached to an aromatic ring is 1. The average molecular weight is 537 g/mol. The van der Waals surface area contributed by atoms with E-state index in [1.54, 1.807) is 17.2 Å². The second-order valence-corrected chi connectivity index (χ2v) is 12.0. The van der Waals surface area contributed by atoms with E-state index in [4.69, 9.17) is 25.0 Å². The third-order valence-electron chi connectivity index (χ3n) is 6.95. The van der Waals surface area contributed by atoms with Crippen LogP contribution in [0.4, 0.5) is 15.7 Å². The van der Waals surface area contributed by atoms with Crippen molar-refractivity contribution >= 4 is 28.4 Å². The van der Waals surface area contributed by atoms with Crippen LogP contribution in [0.5, 0.6) is 0 Å². The van der Waals surface area contributed by atoms with E-state index in [0.717, 1.165) is 36.1 Å². The molecule has 12 heteroatoms. The van der Waals surface area contributed by atoms with Crippen molar-refractivity contribution < 1.29 is 14.1 Å². The van der Waals surface area contributed by atoms with E-state index in [9.17, 15) is 10.1 Å². The number of amides is 1. The minimum Gasteiger partial charge on any atom is -0.444 e. The summed E-state index contributed by atoms with van der Waals surface area (Å²) in [5.41, 5.74) is 6.99. The number of hydrogen-bond acceptors (Lipinski definition) is 11. The van der Waals surface area contributed by atoms with Crippen molar-refractivity contribution in [1.29, 1.82) is 5.26 Å². The summed E-state index contributed by atoms with van der Waals surface area (Å²) in [6.07, 6.45) is 4.75. The fourth-order valence-corrected chi connectivity index (χ4v) is 6.30. The van der Waals surface area contributed by atoms with Gasteiger partial charge in [-0.3, -0.25) is 0 Å². The summed E-state index contributed by atoms with van der Waals surface area (Å²) in [5.74, 6) is 1.36. The van der Waals surface area contributed by atoms with E-state index in [1.807, 2.05) is 27.7 Å². The average Bonchev–Trinajstić information content (AvgIpc) is 3.41. The van der Waals surface area contributed by atoms with Gasteiger partial charge < -0.3 is 24.8 Å². The highest BCUT2D eigenvalue weighted by Crippen LogP contribution is 2.48. The van der Waals surface area contributed by atoms with Crippen LogP contribution < -0.4 is 10.6 Å². The largest absolute Gasteiger partial charge is 0.444 e. The number of carbonyl (C=O) groups is 1. The Bertz CT molecular complexity index is 1390. The number of hydrogen-bond donors (Lipinski definition) is 1. The molecule has 0 radical (unpaired) electrons. The van der Waals surface area contributed by atoms with Crippen molar-refractivity contribution in [3.8, 4) is 17.6 Å². The van der Waals surface area contributed by atoms with Gasteiger partial charge in [0.25, 0.3) is 0 Å². The third-order valence-corrected chi connectivity index (χ3v) is 8.03. The normalized spacial score (nSPS) is 20.0. The number of thiophene rings is 1. The number of rotatable bonds is 3. The summed E-state index contributed by atoms with van der Waals surface area (Å²) in [7, 11) is 0. The summed E-state index contributed by atoms with van der Waals surface area (Å²) in [4.78, 5) is 31.3. The topological polar surface area (TPSA) is 147 Å². The maximum Gasteiger partial charge on any atom is 0.410 e. The summed E-state index contributed by atoms with van der Waals surface area (Å²) >= 11 is 1.47. The first-order chi connectivity index (χ1) is 18.1. The van der Waals surface area contributed by atoms with Crippen molar-refractivity contribution in [3.05, 3.63) is 34.2 Å². The lowest BCUT2D eigenvalue weighted by molar-refractivity contribution is 0.0263. The quantitative estimate of drug-likeness (QED) is 0.518. The standard InChI is InChI=1S/C26H32N8O3S/c1-25(2,3)36-24(35)34-12-6-11-33(13-14-34)23-29-10-8-17(30-23)21-31-22(37-32-21)26(4)9-5-7-18-19(26)16(15-27)20(28)38-18/h8,10H,5-7,9,11-14,28H2,1-4H3/t26-/m0/s1. The number of anilines is 2. The van der Waals surface area contributed by atoms with Gasteiger partial charge in [0.05, 0.1) is 11.0 Å². The molecule has 1 aliphatic heterocycles. The number of nitrogens with zero attached hydrogens (tertiary/aromatic N) is 7. The minimum atomic E-state index is -0.593. The van der Waals surface area contributed by atoms with Crippen LogP contribution in [-0.2, 0) is 16.6 Å². The van der Waals surface area contributed by atoms with Gasteiger partial charge in [0, 0.05) is 42.8 Å². The van der Waals surface area contributed by atoms with Crippen molar-refractivity contribution in [1.82, 2.24) is 25.0 Å². The minimum absolute atomic E-state index is 0.306. The van der Waals surface area contributed by atoms with Crippen molar-refractivity contribution in [2.24, 2.45) is 0 Å². The first-order valence-corrected chi connectivity index (χ1v) is 13.6. The van der Waals surface area contributed by atoms with Gasteiger partial charge in [0.1, 0.15) is 22.4 Å². The number of ether oxygens (including phenoxy) is 1. The number of carbonyl (C=O) groups excluding carboxylic acids is 1. The highest BCUT2D eigenvalue weighted by Gasteiger charge is 2.43. The second kappa shape index (κ2) is 9.87. The number of nitrogens with two attached hydrogens (primary N) is 1. The van der Waals surface area contributed by atoms with Gasteiger partial charge in [-0.05, 0) is 59.4 Å². The van der Waals surface area contributed by atoms with Gasteiger partial charge in [-0.1, -0.05) is 5.16 Å². The van der Waals surface area contributed by atoms with Crippen LogP contribution in [0, 0.1) is 11.3 Å². The zero-order chi connectivity index (χ0) is 27.1. The summed E-state index contributed by atoms with van der Waals surface area (Å²) < 4.78 is 11.3. The maximum atomic E-state index is 12.5. The van der Waals surface area contributed by atoms with Crippen LogP contribution in [0.25, 0.3) is 11.5 Å². The summed E-state index contributed by atoms with van der Waals surface area (Å²) in [6.45, 7) is 10.0. The second-order valence-electron chi connectivity index (χ2n) is 10.9. The van der Waals surface area contributed by atoms with Crippen LogP contribution in [0.1, 0.15) is 68.9 Å². The first-order valence-electron chi connectivity index (χ1n) is 12.8. The summed E-state index contributed by atoms with van der Waals surface area (Å²) in [5, 5.41) is 14.5. The van der Waals surface area contributed by atoms with Crippen molar-refractivity contribution in [2.45, 2.75) is 64.4 Å². The maximum absolute atomic E-state index is 12.5. The van der Waals surface area contributed by atoms with E-state index in [1.165, 1.54) is 11.3 Å². The number of aromatic nitrogens is 4. The molecule has 5 rings (SSSR count). The van der Waals surface area contributed by atoms with E-state index < -0.39 is 11.0 Å². The molecule has 1 amide bonds. The van der Waals surface area contributed by atoms with E-state index in [-0.39, 0.29) is 6.09 Å². The Balaban J connectivity index is 1.36. The molecule has 2 aliphatic rings. The molecule has 0 bridgehead atoms. The molecule has 1 saturated heterocycles. The van der Waals surface area contributed by atoms with Gasteiger partial charge in [0.15, 0.2) is 0 Å². The Morgan fingerprint density at radius 3 is 2.82 bits per heavy atom. The van der Waals surface area contributed by atoms with Crippen LogP contribution in [0.15, 0.2) is 16.8 Å². The number of nitriles is 1. The third kappa shape index (κ3) is 4.90. The Kier molecular flexibility index (Phi) is 6.73. The highest BCUT2D eigenvalue weighted by molar-refractivity contribution is 7.16. The van der Waals surface area contributed by atoms with Gasteiger partial charge in [0.2, 0.25) is 17.7 Å². The molecule has 1 atom stereocenters. The molecular weight excluding hydrogens is 504 g/mol. The lowest BCUT2D eigenvalue weighted by atomic mass is 9.72. The molecule has 200 valence electrons. The highest BCUT2D eigenvalue weighted by atomic mass is 32.1. The van der Waals surface area contributed by atoms with E-state index >= 15 is 0 Å². The molecular formula is C26H32N8O3S. The molecule has 1 aliphatic carbocycles. The molecule has 2 N–H and O–H groups in total. The first kappa shape index (κ1) is 25.9. The molecule has 0 aromatic carbocycles. The summed E-state index contributed by atoms with van der Waals surface area (Å²) in [6, 6.07) is 4.02. The SMILES string of the molecule is CC(C)(C)OC(=O)N1CCCN(c2nccc(-c3noc([C@@]4(C)CCCc5sc(N)c(C#N)c54)n3)n2)CC1. The van der Waals surface area contributed by atoms with Crippen LogP contribution in [0.3, 0.4) is 0 Å². The molecule has 38 heavy (non-hydrogen) atoms. The van der Waals surface area contributed by atoms with Gasteiger partial charge in [-0.25, -0.2) is 14.8 Å². The lowest BCUT2D eigenvalue weighted by Gasteiger charge is -2.30. The molecule has 3 aromatic heterocycles. The van der Waals surface area contributed by atoms with E-state index in [0.29, 0.717) is 60.1 Å². The lowest BCUT2D eigenvalue weighted by Crippen LogP contribution is -2.39. The fraction of sp³-hybridized carbons (Fsp3) is 0.538. The molecule has 4 heterocycles. The van der Waals surface area contributed by atoms with Crippen molar-refractivity contribution in [3.63, 3.8) is 0 Å². The molecule has 0 saturated carbocycles. The van der Waals surface area contributed by atoms with Crippen LogP contribution in [-0.4, -0.2) is 62.9 Å². The van der Waals surface area contributed by atoms with Crippen LogP contribution in [0.2, 0.25) is 0 Å². The zero-order valence-electron chi connectivity index (χ0n) is 22.2. The Morgan fingerprint density at radius 1 is 1.24 bits per heavy atom. The predicted molar refractivity (Wildman–Crippen MR) is 143 cm³/mol. The Morgan fingerprint density at radius 2 is 2.05 bits per heavy atom. The molecule has 1 fully saturated rings.